The highest BCUT2D eigenvalue weighted by Crippen LogP contribution is 2.32. The van der Waals surface area contributed by atoms with Crippen LogP contribution < -0.4 is 0 Å². The third kappa shape index (κ3) is 2.92. The lowest BCUT2D eigenvalue weighted by molar-refractivity contribution is 0.0695. The summed E-state index contributed by atoms with van der Waals surface area (Å²) in [6.07, 6.45) is 2.59. The van der Waals surface area contributed by atoms with Crippen molar-refractivity contribution in [2.75, 3.05) is 20.2 Å². The molecule has 3 aromatic rings. The second-order valence-electron chi connectivity index (χ2n) is 6.21. The lowest BCUT2D eigenvalue weighted by Crippen LogP contribution is -2.32. The third-order valence-corrected chi connectivity index (χ3v) is 4.92. The fraction of sp³-hybridized carbons (Fsp3) is 0.412. The van der Waals surface area contributed by atoms with Crippen LogP contribution in [0.4, 0.5) is 0 Å². The third-order valence-electron chi connectivity index (χ3n) is 4.50. The molecule has 6 nitrogen and oxygen atoms in total. The number of aromatic amines is 1. The van der Waals surface area contributed by atoms with Crippen molar-refractivity contribution < 1.29 is 9.15 Å². The molecule has 0 saturated carbocycles. The van der Waals surface area contributed by atoms with E-state index in [4.69, 9.17) is 20.8 Å². The molecular formula is C17H19ClN4O2. The normalized spacial score (nSPS) is 21.1. The Bertz CT molecular complexity index is 817. The van der Waals surface area contributed by atoms with Gasteiger partial charge in [-0.3, -0.25) is 10.00 Å². The molecule has 2 aromatic heterocycles. The van der Waals surface area contributed by atoms with Crippen LogP contribution in [-0.2, 0) is 11.3 Å². The number of halogens is 1. The van der Waals surface area contributed by atoms with Crippen LogP contribution in [0.2, 0.25) is 5.02 Å². The zero-order valence-corrected chi connectivity index (χ0v) is 14.2. The first-order valence-corrected chi connectivity index (χ1v) is 8.41. The van der Waals surface area contributed by atoms with Gasteiger partial charge in [0.05, 0.1) is 17.7 Å². The fourth-order valence-corrected chi connectivity index (χ4v) is 3.57. The predicted molar refractivity (Wildman–Crippen MR) is 91.0 cm³/mol. The summed E-state index contributed by atoms with van der Waals surface area (Å²) >= 11 is 6.45. The molecule has 0 radical (unpaired) electrons. The van der Waals surface area contributed by atoms with Gasteiger partial charge in [0.15, 0.2) is 0 Å². The molecule has 0 spiro atoms. The molecule has 7 heteroatoms. The van der Waals surface area contributed by atoms with Crippen molar-refractivity contribution in [1.82, 2.24) is 20.1 Å². The van der Waals surface area contributed by atoms with Crippen molar-refractivity contribution in [1.29, 1.82) is 0 Å². The number of H-pyrrole nitrogens is 1. The van der Waals surface area contributed by atoms with Crippen LogP contribution >= 0.6 is 11.6 Å². The average molecular weight is 347 g/mol. The van der Waals surface area contributed by atoms with Crippen LogP contribution in [0.1, 0.15) is 23.9 Å². The second-order valence-corrected chi connectivity index (χ2v) is 6.59. The molecular weight excluding hydrogens is 328 g/mol. The molecule has 1 aliphatic heterocycles. The van der Waals surface area contributed by atoms with Gasteiger partial charge in [0.25, 0.3) is 0 Å². The summed E-state index contributed by atoms with van der Waals surface area (Å²) in [7, 11) is 2.04. The molecule has 1 fully saturated rings. The number of aromatic nitrogens is 3. The minimum Gasteiger partial charge on any atom is -0.458 e. The highest BCUT2D eigenvalue weighted by Gasteiger charge is 2.32. The number of hydrogen-bond donors (Lipinski definition) is 1. The highest BCUT2D eigenvalue weighted by atomic mass is 35.5. The molecule has 0 unspecified atom stereocenters. The second kappa shape index (κ2) is 6.55. The minimum absolute atomic E-state index is 0.0890. The lowest BCUT2D eigenvalue weighted by Gasteiger charge is -2.23. The van der Waals surface area contributed by atoms with Crippen LogP contribution in [0.25, 0.3) is 11.0 Å². The van der Waals surface area contributed by atoms with Crippen molar-refractivity contribution in [3.63, 3.8) is 0 Å². The standard InChI is InChI=1S/C17H19ClN4O2/c1-22(8-14-12(6-7-23-14)17-19-10-20-21-17)9-15-16(18)11-4-2-3-5-13(11)24-15/h2-5,10,12,14H,6-9H2,1H3,(H,19,20,21)/t12-,14-/m1/s1. The Morgan fingerprint density at radius 2 is 2.25 bits per heavy atom. The van der Waals surface area contributed by atoms with Crippen molar-refractivity contribution in [3.05, 3.63) is 47.2 Å². The summed E-state index contributed by atoms with van der Waals surface area (Å²) in [5.41, 5.74) is 0.822. The smallest absolute Gasteiger partial charge is 0.137 e. The number of furan rings is 1. The number of benzene rings is 1. The zero-order valence-electron chi connectivity index (χ0n) is 13.4. The Balaban J connectivity index is 1.46. The average Bonchev–Trinajstić information content (AvgIpc) is 3.29. The van der Waals surface area contributed by atoms with Gasteiger partial charge in [-0.05, 0) is 25.6 Å². The van der Waals surface area contributed by atoms with Gasteiger partial charge in [0.2, 0.25) is 0 Å². The van der Waals surface area contributed by atoms with Gasteiger partial charge >= 0.3 is 0 Å². The molecule has 3 heterocycles. The van der Waals surface area contributed by atoms with E-state index in [9.17, 15) is 0 Å². The van der Waals surface area contributed by atoms with Crippen LogP contribution in [0.3, 0.4) is 0 Å². The van der Waals surface area contributed by atoms with Gasteiger partial charge in [-0.2, -0.15) is 5.10 Å². The first-order chi connectivity index (χ1) is 11.7. The molecule has 0 bridgehead atoms. The van der Waals surface area contributed by atoms with Crippen LogP contribution in [0, 0.1) is 0 Å². The molecule has 126 valence electrons. The number of fused-ring (bicyclic) bond motifs is 1. The van der Waals surface area contributed by atoms with Crippen molar-refractivity contribution in [2.24, 2.45) is 0 Å². The van der Waals surface area contributed by atoms with Gasteiger partial charge in [-0.25, -0.2) is 4.98 Å². The van der Waals surface area contributed by atoms with Gasteiger partial charge in [-0.1, -0.05) is 23.7 Å². The molecule has 4 rings (SSSR count). The Kier molecular flexibility index (Phi) is 4.26. The summed E-state index contributed by atoms with van der Waals surface area (Å²) in [5.74, 6) is 1.93. The molecule has 1 aliphatic rings. The zero-order chi connectivity index (χ0) is 16.5. The highest BCUT2D eigenvalue weighted by molar-refractivity contribution is 6.36. The number of nitrogens with zero attached hydrogens (tertiary/aromatic N) is 3. The fourth-order valence-electron chi connectivity index (χ4n) is 3.32. The summed E-state index contributed by atoms with van der Waals surface area (Å²) < 4.78 is 11.8. The quantitative estimate of drug-likeness (QED) is 0.768. The summed E-state index contributed by atoms with van der Waals surface area (Å²) in [4.78, 5) is 6.45. The first-order valence-electron chi connectivity index (χ1n) is 8.03. The minimum atomic E-state index is 0.0890. The van der Waals surface area contributed by atoms with Gasteiger partial charge in [0, 0.05) is 24.5 Å². The Hall–Kier alpha value is -1.89. The van der Waals surface area contributed by atoms with Crippen LogP contribution in [-0.4, -0.2) is 46.4 Å². The van der Waals surface area contributed by atoms with E-state index in [1.165, 1.54) is 0 Å². The lowest BCUT2D eigenvalue weighted by atomic mass is 10.0. The Labute approximate surface area is 144 Å². The molecule has 1 saturated heterocycles. The Morgan fingerprint density at radius 3 is 3.04 bits per heavy atom. The number of likely N-dealkylation sites (N-methyl/N-ethyl adjacent to an activating group) is 1. The summed E-state index contributed by atoms with van der Waals surface area (Å²) in [6, 6.07) is 7.82. The number of ether oxygens (including phenoxy) is 1. The van der Waals surface area contributed by atoms with Crippen LogP contribution in [0.15, 0.2) is 35.0 Å². The van der Waals surface area contributed by atoms with Gasteiger partial charge < -0.3 is 9.15 Å². The van der Waals surface area contributed by atoms with E-state index >= 15 is 0 Å². The summed E-state index contributed by atoms with van der Waals surface area (Å²) in [6.45, 7) is 2.16. The van der Waals surface area contributed by atoms with Gasteiger partial charge in [0.1, 0.15) is 23.5 Å². The van der Waals surface area contributed by atoms with Crippen molar-refractivity contribution >= 4 is 22.6 Å². The maximum atomic E-state index is 6.45. The van der Waals surface area contributed by atoms with E-state index in [0.717, 1.165) is 42.1 Å². The van der Waals surface area contributed by atoms with E-state index in [2.05, 4.69) is 20.1 Å². The predicted octanol–water partition coefficient (Wildman–Crippen LogP) is 3.21. The molecule has 1 aromatic carbocycles. The first kappa shape index (κ1) is 15.6. The molecule has 2 atom stereocenters. The van der Waals surface area contributed by atoms with Crippen molar-refractivity contribution in [2.45, 2.75) is 25.0 Å². The number of nitrogens with one attached hydrogen (secondary N) is 1. The largest absolute Gasteiger partial charge is 0.458 e. The maximum Gasteiger partial charge on any atom is 0.137 e. The molecule has 1 N–H and O–H groups in total. The van der Waals surface area contributed by atoms with Crippen molar-refractivity contribution in [3.8, 4) is 0 Å². The van der Waals surface area contributed by atoms with E-state index in [0.29, 0.717) is 11.6 Å². The monoisotopic (exact) mass is 346 g/mol. The SMILES string of the molecule is CN(Cc1oc2ccccc2c1Cl)C[C@H]1OCC[C@H]1c1ncn[nH]1. The van der Waals surface area contributed by atoms with E-state index in [1.807, 2.05) is 31.3 Å². The van der Waals surface area contributed by atoms with E-state index in [-0.39, 0.29) is 12.0 Å². The summed E-state index contributed by atoms with van der Waals surface area (Å²) in [5, 5.41) is 8.55. The van der Waals surface area contributed by atoms with Crippen LogP contribution in [0.5, 0.6) is 0 Å². The number of para-hydroxylation sites is 1. The molecule has 0 amide bonds. The van der Waals surface area contributed by atoms with E-state index < -0.39 is 0 Å². The maximum absolute atomic E-state index is 6.45. The molecule has 0 aliphatic carbocycles. The topological polar surface area (TPSA) is 67.2 Å². The Morgan fingerprint density at radius 1 is 1.38 bits per heavy atom. The van der Waals surface area contributed by atoms with E-state index in [1.54, 1.807) is 6.33 Å². The number of rotatable bonds is 5. The number of hydrogen-bond acceptors (Lipinski definition) is 5. The molecule has 24 heavy (non-hydrogen) atoms. The van der Waals surface area contributed by atoms with Gasteiger partial charge in [-0.15, -0.1) is 0 Å².